The lowest BCUT2D eigenvalue weighted by molar-refractivity contribution is 0.172. The molecule has 0 unspecified atom stereocenters. The highest BCUT2D eigenvalue weighted by Crippen LogP contribution is 2.34. The highest BCUT2D eigenvalue weighted by Gasteiger charge is 2.22. The van der Waals surface area contributed by atoms with Crippen molar-refractivity contribution in [1.29, 1.82) is 5.26 Å². The second-order valence-electron chi connectivity index (χ2n) is 10.3. The number of rotatable bonds is 8. The van der Waals surface area contributed by atoms with E-state index in [1.165, 1.54) is 31.5 Å². The van der Waals surface area contributed by atoms with Crippen LogP contribution in [0.4, 0.5) is 0 Å². The minimum absolute atomic E-state index is 0.668. The normalized spacial score (nSPS) is 14.9. The SMILES string of the molecule is CN(C)Cc1c(-c2ccc(C#N)cc2)ccc2c(CCC3CCN(Cc4ccccc4)CC3)noc12. The molecular formula is C31H34N4O. The van der Waals surface area contributed by atoms with Crippen LogP contribution >= 0.6 is 0 Å². The fraction of sp³-hybridized carbons (Fsp3) is 0.355. The molecule has 1 aromatic heterocycles. The zero-order valence-corrected chi connectivity index (χ0v) is 21.3. The number of piperidine rings is 1. The van der Waals surface area contributed by atoms with Crippen LogP contribution in [0.3, 0.4) is 0 Å². The summed E-state index contributed by atoms with van der Waals surface area (Å²) in [4.78, 5) is 4.74. The molecule has 36 heavy (non-hydrogen) atoms. The maximum atomic E-state index is 9.15. The van der Waals surface area contributed by atoms with Gasteiger partial charge in [0.1, 0.15) is 0 Å². The molecule has 0 radical (unpaired) electrons. The van der Waals surface area contributed by atoms with E-state index >= 15 is 0 Å². The summed E-state index contributed by atoms with van der Waals surface area (Å²) in [5.41, 5.74) is 7.40. The van der Waals surface area contributed by atoms with Crippen LogP contribution in [0.25, 0.3) is 22.1 Å². The standard InChI is InChI=1S/C31H34N4O/c1-34(2)22-29-27(26-11-8-24(20-32)9-12-26)13-14-28-30(33-36-31(28)29)15-10-23-16-18-35(19-17-23)21-25-6-4-3-5-7-25/h3-9,11-14,23H,10,15-19,21-22H2,1-2H3. The number of hydrogen-bond donors (Lipinski definition) is 0. The Morgan fingerprint density at radius 1 is 1.00 bits per heavy atom. The Bertz CT molecular complexity index is 1330. The predicted molar refractivity (Wildman–Crippen MR) is 144 cm³/mol. The molecule has 1 fully saturated rings. The van der Waals surface area contributed by atoms with Crippen LogP contribution in [0.15, 0.2) is 71.3 Å². The Kier molecular flexibility index (Phi) is 7.46. The highest BCUT2D eigenvalue weighted by molar-refractivity contribution is 5.89. The van der Waals surface area contributed by atoms with Crippen molar-refractivity contribution >= 4 is 11.0 Å². The Labute approximate surface area is 213 Å². The van der Waals surface area contributed by atoms with E-state index in [2.05, 4.69) is 77.6 Å². The van der Waals surface area contributed by atoms with E-state index in [-0.39, 0.29) is 0 Å². The zero-order chi connectivity index (χ0) is 24.9. The lowest BCUT2D eigenvalue weighted by atomic mass is 9.90. The van der Waals surface area contributed by atoms with Gasteiger partial charge in [0.05, 0.1) is 17.3 Å². The lowest BCUT2D eigenvalue weighted by Gasteiger charge is -2.32. The quantitative estimate of drug-likeness (QED) is 0.299. The number of nitrogens with zero attached hydrogens (tertiary/aromatic N) is 4. The second kappa shape index (κ2) is 11.1. The number of hydrogen-bond acceptors (Lipinski definition) is 5. The molecule has 0 bridgehead atoms. The predicted octanol–water partition coefficient (Wildman–Crippen LogP) is 6.27. The molecule has 184 valence electrons. The largest absolute Gasteiger partial charge is 0.356 e. The van der Waals surface area contributed by atoms with Crippen LogP contribution in [0, 0.1) is 17.2 Å². The van der Waals surface area contributed by atoms with Crippen molar-refractivity contribution in [3.63, 3.8) is 0 Å². The van der Waals surface area contributed by atoms with E-state index < -0.39 is 0 Å². The number of fused-ring (bicyclic) bond motifs is 1. The van der Waals surface area contributed by atoms with E-state index in [0.717, 1.165) is 65.2 Å². The Morgan fingerprint density at radius 2 is 1.75 bits per heavy atom. The van der Waals surface area contributed by atoms with Crippen molar-refractivity contribution in [2.45, 2.75) is 38.8 Å². The molecule has 3 aromatic carbocycles. The third kappa shape index (κ3) is 5.51. The van der Waals surface area contributed by atoms with Crippen LogP contribution < -0.4 is 0 Å². The molecule has 2 heterocycles. The number of aromatic nitrogens is 1. The maximum absolute atomic E-state index is 9.15. The molecule has 0 aliphatic carbocycles. The van der Waals surface area contributed by atoms with Crippen molar-refractivity contribution in [2.75, 3.05) is 27.2 Å². The third-order valence-corrected chi connectivity index (χ3v) is 7.36. The minimum atomic E-state index is 0.668. The molecule has 0 amide bonds. The van der Waals surface area contributed by atoms with E-state index in [1.807, 2.05) is 24.3 Å². The fourth-order valence-electron chi connectivity index (χ4n) is 5.37. The molecule has 1 saturated heterocycles. The molecule has 5 rings (SSSR count). The molecule has 5 heteroatoms. The zero-order valence-electron chi connectivity index (χ0n) is 21.3. The molecule has 0 N–H and O–H groups in total. The number of likely N-dealkylation sites (tertiary alicyclic amines) is 1. The van der Waals surface area contributed by atoms with Gasteiger partial charge in [-0.05, 0) is 93.7 Å². The van der Waals surface area contributed by atoms with Gasteiger partial charge in [0.15, 0.2) is 5.58 Å². The average molecular weight is 479 g/mol. The lowest BCUT2D eigenvalue weighted by Crippen LogP contribution is -2.33. The Hall–Kier alpha value is -3.46. The van der Waals surface area contributed by atoms with Gasteiger partial charge in [0, 0.05) is 24.0 Å². The summed E-state index contributed by atoms with van der Waals surface area (Å²) in [6.45, 7) is 4.15. The van der Waals surface area contributed by atoms with Crippen LogP contribution in [0.1, 0.15) is 41.6 Å². The summed E-state index contributed by atoms with van der Waals surface area (Å²) in [5, 5.41) is 14.8. The van der Waals surface area contributed by atoms with Gasteiger partial charge in [-0.2, -0.15) is 5.26 Å². The molecule has 0 saturated carbocycles. The smallest absolute Gasteiger partial charge is 0.172 e. The molecule has 1 aliphatic rings. The van der Waals surface area contributed by atoms with Crippen LogP contribution in [0.5, 0.6) is 0 Å². The average Bonchev–Trinajstić information content (AvgIpc) is 3.32. The first-order valence-corrected chi connectivity index (χ1v) is 12.9. The van der Waals surface area contributed by atoms with Crippen molar-refractivity contribution in [2.24, 2.45) is 5.92 Å². The van der Waals surface area contributed by atoms with E-state index in [9.17, 15) is 0 Å². The first-order valence-electron chi connectivity index (χ1n) is 12.9. The van der Waals surface area contributed by atoms with Gasteiger partial charge in [-0.3, -0.25) is 4.90 Å². The number of nitriles is 1. The van der Waals surface area contributed by atoms with Gasteiger partial charge in [0.25, 0.3) is 0 Å². The van der Waals surface area contributed by atoms with Gasteiger partial charge >= 0.3 is 0 Å². The number of benzene rings is 3. The van der Waals surface area contributed by atoms with Gasteiger partial charge in [-0.25, -0.2) is 0 Å². The molecule has 1 aliphatic heterocycles. The second-order valence-corrected chi connectivity index (χ2v) is 10.3. The highest BCUT2D eigenvalue weighted by atomic mass is 16.5. The van der Waals surface area contributed by atoms with E-state index in [0.29, 0.717) is 5.56 Å². The summed E-state index contributed by atoms with van der Waals surface area (Å²) in [5.74, 6) is 0.739. The van der Waals surface area contributed by atoms with Crippen LogP contribution in [-0.2, 0) is 19.5 Å². The van der Waals surface area contributed by atoms with Crippen LogP contribution in [-0.4, -0.2) is 42.1 Å². The van der Waals surface area contributed by atoms with Gasteiger partial charge in [-0.1, -0.05) is 53.7 Å². The van der Waals surface area contributed by atoms with Crippen LogP contribution in [0.2, 0.25) is 0 Å². The molecule has 4 aromatic rings. The van der Waals surface area contributed by atoms with E-state index in [1.54, 1.807) is 0 Å². The van der Waals surface area contributed by atoms with Crippen molar-refractivity contribution in [1.82, 2.24) is 15.0 Å². The molecule has 0 spiro atoms. The summed E-state index contributed by atoms with van der Waals surface area (Å²) in [7, 11) is 4.14. The first kappa shape index (κ1) is 24.2. The summed E-state index contributed by atoms with van der Waals surface area (Å²) in [6.07, 6.45) is 4.60. The maximum Gasteiger partial charge on any atom is 0.172 e. The summed E-state index contributed by atoms with van der Waals surface area (Å²) < 4.78 is 5.97. The fourth-order valence-corrected chi connectivity index (χ4v) is 5.37. The summed E-state index contributed by atoms with van der Waals surface area (Å²) in [6, 6.07) is 25.1. The van der Waals surface area contributed by atoms with Gasteiger partial charge in [0.2, 0.25) is 0 Å². The van der Waals surface area contributed by atoms with Crippen molar-refractivity contribution in [3.8, 4) is 17.2 Å². The van der Waals surface area contributed by atoms with Gasteiger partial charge < -0.3 is 9.42 Å². The molecule has 0 atom stereocenters. The topological polar surface area (TPSA) is 56.3 Å². The third-order valence-electron chi connectivity index (χ3n) is 7.36. The molecule has 5 nitrogen and oxygen atoms in total. The Morgan fingerprint density at radius 3 is 2.44 bits per heavy atom. The van der Waals surface area contributed by atoms with Crippen molar-refractivity contribution in [3.05, 3.63) is 89.1 Å². The summed E-state index contributed by atoms with van der Waals surface area (Å²) >= 11 is 0. The molecular weight excluding hydrogens is 444 g/mol. The minimum Gasteiger partial charge on any atom is -0.356 e. The van der Waals surface area contributed by atoms with Crippen molar-refractivity contribution < 1.29 is 4.52 Å². The monoisotopic (exact) mass is 478 g/mol. The Balaban J connectivity index is 1.28. The van der Waals surface area contributed by atoms with Gasteiger partial charge in [-0.15, -0.1) is 0 Å². The first-order chi connectivity index (χ1) is 17.6. The van der Waals surface area contributed by atoms with E-state index in [4.69, 9.17) is 9.78 Å². The number of aryl methyl sites for hydroxylation is 1.